The van der Waals surface area contributed by atoms with Crippen molar-refractivity contribution in [2.75, 3.05) is 31.8 Å². The van der Waals surface area contributed by atoms with Gasteiger partial charge in [-0.2, -0.15) is 0 Å². The molecule has 0 radical (unpaired) electrons. The van der Waals surface area contributed by atoms with Crippen LogP contribution in [0.2, 0.25) is 0 Å². The first-order valence-corrected chi connectivity index (χ1v) is 11.7. The summed E-state index contributed by atoms with van der Waals surface area (Å²) in [5.41, 5.74) is 2.49. The van der Waals surface area contributed by atoms with Gasteiger partial charge in [0.25, 0.3) is 11.8 Å². The number of amides is 2. The molecule has 0 aliphatic rings. The van der Waals surface area contributed by atoms with Crippen LogP contribution in [0.3, 0.4) is 0 Å². The van der Waals surface area contributed by atoms with Gasteiger partial charge in [-0.15, -0.1) is 11.8 Å². The van der Waals surface area contributed by atoms with E-state index in [2.05, 4.69) is 10.6 Å². The monoisotopic (exact) mass is 464 g/mol. The van der Waals surface area contributed by atoms with E-state index >= 15 is 0 Å². The Balaban J connectivity index is 1.66. The second-order valence-electron chi connectivity index (χ2n) is 7.12. The van der Waals surface area contributed by atoms with E-state index in [1.807, 2.05) is 43.3 Å². The van der Waals surface area contributed by atoms with Gasteiger partial charge in [0.1, 0.15) is 0 Å². The van der Waals surface area contributed by atoms with Crippen molar-refractivity contribution in [1.82, 2.24) is 5.32 Å². The summed E-state index contributed by atoms with van der Waals surface area (Å²) in [6.07, 6.45) is 0.627. The molecule has 3 rings (SSSR count). The van der Waals surface area contributed by atoms with Crippen molar-refractivity contribution in [1.29, 1.82) is 0 Å². The van der Waals surface area contributed by atoms with E-state index in [0.717, 1.165) is 16.2 Å². The van der Waals surface area contributed by atoms with Crippen molar-refractivity contribution >= 4 is 29.3 Å². The Hall–Kier alpha value is -3.45. The highest BCUT2D eigenvalue weighted by atomic mass is 32.2. The quantitative estimate of drug-likeness (QED) is 0.411. The van der Waals surface area contributed by atoms with E-state index < -0.39 is 0 Å². The number of nitrogens with one attached hydrogen (secondary N) is 2. The van der Waals surface area contributed by atoms with Gasteiger partial charge in [-0.1, -0.05) is 37.3 Å². The van der Waals surface area contributed by atoms with Gasteiger partial charge in [0.2, 0.25) is 0 Å². The fraction of sp³-hybridized carbons (Fsp3) is 0.231. The summed E-state index contributed by atoms with van der Waals surface area (Å²) in [5.74, 6) is 1.69. The Bertz CT molecular complexity index is 1120. The average Bonchev–Trinajstić information content (AvgIpc) is 2.84. The van der Waals surface area contributed by atoms with Gasteiger partial charge in [0, 0.05) is 11.4 Å². The molecule has 0 saturated carbocycles. The van der Waals surface area contributed by atoms with E-state index in [0.29, 0.717) is 41.3 Å². The molecule has 0 spiro atoms. The Kier molecular flexibility index (Phi) is 8.78. The number of rotatable bonds is 10. The lowest BCUT2D eigenvalue weighted by Crippen LogP contribution is -2.27. The normalized spacial score (nSPS) is 10.4. The van der Waals surface area contributed by atoms with Crippen LogP contribution in [-0.2, 0) is 6.42 Å². The summed E-state index contributed by atoms with van der Waals surface area (Å²) in [5, 5.41) is 5.83. The molecule has 3 aromatic rings. The van der Waals surface area contributed by atoms with Crippen LogP contribution in [0.4, 0.5) is 5.69 Å². The van der Waals surface area contributed by atoms with E-state index in [1.54, 1.807) is 56.3 Å². The standard InChI is InChI=1S/C26H28N2O4S/c1-4-33-24-12-8-6-10-20(24)26(30)28-21-11-7-5-9-19(21)25(29)27-16-15-18-13-14-22(31-2)23(17-18)32-3/h5-14,17H,4,15-16H2,1-3H3,(H,27,29)(H,28,30). The first-order chi connectivity index (χ1) is 16.1. The van der Waals surface area contributed by atoms with Crippen LogP contribution in [-0.4, -0.2) is 38.3 Å². The van der Waals surface area contributed by atoms with Gasteiger partial charge < -0.3 is 20.1 Å². The maximum Gasteiger partial charge on any atom is 0.256 e. The van der Waals surface area contributed by atoms with Crippen LogP contribution in [0.15, 0.2) is 71.6 Å². The molecule has 0 atom stereocenters. The number of thioether (sulfide) groups is 1. The third kappa shape index (κ3) is 6.29. The minimum Gasteiger partial charge on any atom is -0.493 e. The molecule has 3 aromatic carbocycles. The number of carbonyl (C=O) groups is 2. The predicted molar refractivity (Wildman–Crippen MR) is 133 cm³/mol. The topological polar surface area (TPSA) is 76.7 Å². The summed E-state index contributed by atoms with van der Waals surface area (Å²) in [7, 11) is 3.18. The van der Waals surface area contributed by atoms with Crippen LogP contribution < -0.4 is 20.1 Å². The molecule has 33 heavy (non-hydrogen) atoms. The molecular weight excluding hydrogens is 436 g/mol. The highest BCUT2D eigenvalue weighted by Gasteiger charge is 2.16. The number of methoxy groups -OCH3 is 2. The van der Waals surface area contributed by atoms with Gasteiger partial charge >= 0.3 is 0 Å². The van der Waals surface area contributed by atoms with E-state index in [-0.39, 0.29) is 11.8 Å². The molecule has 6 nitrogen and oxygen atoms in total. The van der Waals surface area contributed by atoms with Crippen molar-refractivity contribution in [3.8, 4) is 11.5 Å². The van der Waals surface area contributed by atoms with Gasteiger partial charge in [0.05, 0.1) is 31.0 Å². The Morgan fingerprint density at radius 3 is 2.27 bits per heavy atom. The Morgan fingerprint density at radius 2 is 1.55 bits per heavy atom. The van der Waals surface area contributed by atoms with Gasteiger partial charge in [-0.05, 0) is 54.1 Å². The second kappa shape index (κ2) is 12.0. The Labute approximate surface area is 198 Å². The zero-order chi connectivity index (χ0) is 23.6. The summed E-state index contributed by atoms with van der Waals surface area (Å²) in [4.78, 5) is 26.7. The van der Waals surface area contributed by atoms with Crippen molar-refractivity contribution in [3.63, 3.8) is 0 Å². The zero-order valence-corrected chi connectivity index (χ0v) is 19.8. The molecule has 7 heteroatoms. The van der Waals surface area contributed by atoms with E-state index in [1.165, 1.54) is 0 Å². The zero-order valence-electron chi connectivity index (χ0n) is 19.0. The lowest BCUT2D eigenvalue weighted by atomic mass is 10.1. The number of ether oxygens (including phenoxy) is 2. The molecule has 0 fully saturated rings. The number of anilines is 1. The molecule has 2 amide bonds. The molecule has 0 saturated heterocycles. The SMILES string of the molecule is CCSc1ccccc1C(=O)Nc1ccccc1C(=O)NCCc1ccc(OC)c(OC)c1. The third-order valence-corrected chi connectivity index (χ3v) is 5.95. The molecule has 172 valence electrons. The third-order valence-electron chi connectivity index (χ3n) is 5.00. The van der Waals surface area contributed by atoms with Gasteiger partial charge in [0.15, 0.2) is 11.5 Å². The largest absolute Gasteiger partial charge is 0.493 e. The van der Waals surface area contributed by atoms with Crippen LogP contribution >= 0.6 is 11.8 Å². The van der Waals surface area contributed by atoms with Crippen LogP contribution in [0, 0.1) is 0 Å². The first-order valence-electron chi connectivity index (χ1n) is 10.7. The Morgan fingerprint density at radius 1 is 0.848 bits per heavy atom. The predicted octanol–water partition coefficient (Wildman–Crippen LogP) is 5.04. The molecule has 0 bridgehead atoms. The molecule has 0 aromatic heterocycles. The number of benzene rings is 3. The average molecular weight is 465 g/mol. The number of hydrogen-bond acceptors (Lipinski definition) is 5. The summed E-state index contributed by atoms with van der Waals surface area (Å²) in [6, 6.07) is 20.1. The van der Waals surface area contributed by atoms with Gasteiger partial charge in [-0.25, -0.2) is 0 Å². The van der Waals surface area contributed by atoms with Crippen LogP contribution in [0.5, 0.6) is 11.5 Å². The van der Waals surface area contributed by atoms with Crippen molar-refractivity contribution in [3.05, 3.63) is 83.4 Å². The smallest absolute Gasteiger partial charge is 0.256 e. The summed E-state index contributed by atoms with van der Waals surface area (Å²) < 4.78 is 10.6. The van der Waals surface area contributed by atoms with Crippen LogP contribution in [0.1, 0.15) is 33.2 Å². The number of para-hydroxylation sites is 1. The number of carbonyl (C=O) groups excluding carboxylic acids is 2. The molecule has 0 aliphatic heterocycles. The fourth-order valence-corrected chi connectivity index (χ4v) is 4.17. The van der Waals surface area contributed by atoms with E-state index in [9.17, 15) is 9.59 Å². The first kappa shape index (κ1) is 24.2. The molecule has 0 aliphatic carbocycles. The lowest BCUT2D eigenvalue weighted by Gasteiger charge is -2.13. The second-order valence-corrected chi connectivity index (χ2v) is 8.43. The van der Waals surface area contributed by atoms with Gasteiger partial charge in [-0.3, -0.25) is 9.59 Å². The molecule has 2 N–H and O–H groups in total. The van der Waals surface area contributed by atoms with Crippen molar-refractivity contribution < 1.29 is 19.1 Å². The van der Waals surface area contributed by atoms with Crippen LogP contribution in [0.25, 0.3) is 0 Å². The van der Waals surface area contributed by atoms with E-state index in [4.69, 9.17) is 9.47 Å². The summed E-state index contributed by atoms with van der Waals surface area (Å²) >= 11 is 1.61. The molecule has 0 unspecified atom stereocenters. The molecular formula is C26H28N2O4S. The number of hydrogen-bond donors (Lipinski definition) is 2. The minimum absolute atomic E-state index is 0.239. The van der Waals surface area contributed by atoms with Crippen molar-refractivity contribution in [2.45, 2.75) is 18.2 Å². The fourth-order valence-electron chi connectivity index (χ4n) is 3.37. The summed E-state index contributed by atoms with van der Waals surface area (Å²) in [6.45, 7) is 2.48. The molecule has 0 heterocycles. The lowest BCUT2D eigenvalue weighted by molar-refractivity contribution is 0.0955. The highest BCUT2D eigenvalue weighted by molar-refractivity contribution is 7.99. The highest BCUT2D eigenvalue weighted by Crippen LogP contribution is 2.28. The van der Waals surface area contributed by atoms with Crippen molar-refractivity contribution in [2.24, 2.45) is 0 Å². The maximum absolute atomic E-state index is 12.9. The minimum atomic E-state index is -0.248. The maximum atomic E-state index is 12.9.